The third-order valence-corrected chi connectivity index (χ3v) is 3.24. The zero-order chi connectivity index (χ0) is 14.2. The summed E-state index contributed by atoms with van der Waals surface area (Å²) in [7, 11) is 0. The molecule has 0 amide bonds. The number of aromatic amines is 1. The Balaban J connectivity index is 2.38. The molecule has 0 saturated carbocycles. The van der Waals surface area contributed by atoms with E-state index in [2.05, 4.69) is 42.9 Å². The van der Waals surface area contributed by atoms with Crippen molar-refractivity contribution in [1.82, 2.24) is 9.97 Å². The molecule has 2 rings (SSSR count). The fourth-order valence-corrected chi connectivity index (χ4v) is 2.07. The monoisotopic (exact) mass is 256 g/mol. The van der Waals surface area contributed by atoms with Crippen molar-refractivity contribution in [2.45, 2.75) is 40.0 Å². The minimum Gasteiger partial charge on any atom is -0.341 e. The van der Waals surface area contributed by atoms with Crippen molar-refractivity contribution >= 4 is 5.78 Å². The Morgan fingerprint density at radius 3 is 2.16 bits per heavy atom. The number of ketones is 1. The number of carbonyl (C=O) groups is 1. The molecule has 19 heavy (non-hydrogen) atoms. The molecule has 0 unspecified atom stereocenters. The van der Waals surface area contributed by atoms with E-state index in [-0.39, 0.29) is 11.2 Å². The normalized spacial score (nSPS) is 11.6. The van der Waals surface area contributed by atoms with Crippen LogP contribution >= 0.6 is 0 Å². The van der Waals surface area contributed by atoms with Crippen LogP contribution in [-0.4, -0.2) is 15.8 Å². The van der Waals surface area contributed by atoms with E-state index in [4.69, 9.17) is 0 Å². The van der Waals surface area contributed by atoms with E-state index in [0.29, 0.717) is 5.69 Å². The van der Waals surface area contributed by atoms with Gasteiger partial charge in [-0.1, -0.05) is 45.0 Å². The average Bonchev–Trinajstić information content (AvgIpc) is 2.70. The van der Waals surface area contributed by atoms with Gasteiger partial charge in [-0.15, -0.1) is 0 Å². The van der Waals surface area contributed by atoms with Crippen LogP contribution < -0.4 is 0 Å². The van der Waals surface area contributed by atoms with E-state index in [1.807, 2.05) is 19.1 Å². The third-order valence-electron chi connectivity index (χ3n) is 3.24. The van der Waals surface area contributed by atoms with Gasteiger partial charge in [-0.05, 0) is 17.9 Å². The van der Waals surface area contributed by atoms with Crippen LogP contribution in [0.5, 0.6) is 0 Å². The SMILES string of the molecule is CC(=O)c1nc(-c2ccc(C(C)(C)C)cc2)[nH]c1C. The quantitative estimate of drug-likeness (QED) is 0.829. The van der Waals surface area contributed by atoms with E-state index >= 15 is 0 Å². The van der Waals surface area contributed by atoms with Crippen LogP contribution in [0.1, 0.15) is 49.4 Å². The minimum absolute atomic E-state index is 0.00804. The minimum atomic E-state index is -0.00804. The highest BCUT2D eigenvalue weighted by atomic mass is 16.1. The number of nitrogens with one attached hydrogen (secondary N) is 1. The van der Waals surface area contributed by atoms with E-state index in [9.17, 15) is 4.79 Å². The highest BCUT2D eigenvalue weighted by Gasteiger charge is 2.15. The summed E-state index contributed by atoms with van der Waals surface area (Å²) in [5, 5.41) is 0. The Morgan fingerprint density at radius 1 is 1.16 bits per heavy atom. The summed E-state index contributed by atoms with van der Waals surface area (Å²) in [6.07, 6.45) is 0. The van der Waals surface area contributed by atoms with E-state index in [1.54, 1.807) is 0 Å². The lowest BCUT2D eigenvalue weighted by Gasteiger charge is -2.18. The van der Waals surface area contributed by atoms with E-state index in [1.165, 1.54) is 12.5 Å². The van der Waals surface area contributed by atoms with Gasteiger partial charge in [-0.25, -0.2) is 4.98 Å². The van der Waals surface area contributed by atoms with E-state index in [0.717, 1.165) is 17.1 Å². The van der Waals surface area contributed by atoms with Crippen LogP contribution in [-0.2, 0) is 5.41 Å². The maximum absolute atomic E-state index is 11.4. The fourth-order valence-electron chi connectivity index (χ4n) is 2.07. The number of hydrogen-bond donors (Lipinski definition) is 1. The van der Waals surface area contributed by atoms with Gasteiger partial charge < -0.3 is 4.98 Å². The Kier molecular flexibility index (Phi) is 3.31. The molecule has 3 heteroatoms. The molecule has 100 valence electrons. The van der Waals surface area contributed by atoms with Crippen LogP contribution in [0.3, 0.4) is 0 Å². The molecule has 1 heterocycles. The third kappa shape index (κ3) is 2.75. The lowest BCUT2D eigenvalue weighted by atomic mass is 9.87. The first-order chi connectivity index (χ1) is 8.79. The van der Waals surface area contributed by atoms with Gasteiger partial charge in [0.2, 0.25) is 0 Å². The van der Waals surface area contributed by atoms with Crippen LogP contribution in [0.25, 0.3) is 11.4 Å². The zero-order valence-corrected chi connectivity index (χ0v) is 12.2. The summed E-state index contributed by atoms with van der Waals surface area (Å²) in [5.74, 6) is 0.745. The molecule has 0 bridgehead atoms. The van der Waals surface area contributed by atoms with Gasteiger partial charge in [-0.2, -0.15) is 0 Å². The number of aromatic nitrogens is 2. The second kappa shape index (κ2) is 4.65. The first kappa shape index (κ1) is 13.5. The smallest absolute Gasteiger partial charge is 0.179 e. The maximum Gasteiger partial charge on any atom is 0.179 e. The highest BCUT2D eigenvalue weighted by molar-refractivity contribution is 5.93. The van der Waals surface area contributed by atoms with Gasteiger partial charge in [0.05, 0.1) is 0 Å². The predicted octanol–water partition coefficient (Wildman–Crippen LogP) is 3.89. The first-order valence-electron chi connectivity index (χ1n) is 6.47. The molecular weight excluding hydrogens is 236 g/mol. The molecule has 0 atom stereocenters. The van der Waals surface area contributed by atoms with Crippen LogP contribution in [0, 0.1) is 6.92 Å². The van der Waals surface area contributed by atoms with Crippen molar-refractivity contribution in [1.29, 1.82) is 0 Å². The number of H-pyrrole nitrogens is 1. The number of imidazole rings is 1. The average molecular weight is 256 g/mol. The van der Waals surface area contributed by atoms with Crippen LogP contribution in [0.15, 0.2) is 24.3 Å². The number of benzene rings is 1. The molecule has 1 N–H and O–H groups in total. The number of Topliss-reactive ketones (excluding diaryl/α,β-unsaturated/α-hetero) is 1. The summed E-state index contributed by atoms with van der Waals surface area (Å²) in [6, 6.07) is 8.31. The lowest BCUT2D eigenvalue weighted by molar-refractivity contribution is 0.101. The number of hydrogen-bond acceptors (Lipinski definition) is 2. The Labute approximate surface area is 114 Å². The Hall–Kier alpha value is -1.90. The zero-order valence-electron chi connectivity index (χ0n) is 12.2. The largest absolute Gasteiger partial charge is 0.341 e. The molecule has 2 aromatic rings. The number of carbonyl (C=O) groups excluding carboxylic acids is 1. The van der Waals surface area contributed by atoms with Crippen LogP contribution in [0.4, 0.5) is 0 Å². The van der Waals surface area contributed by atoms with Crippen molar-refractivity contribution in [2.75, 3.05) is 0 Å². The number of nitrogens with zero attached hydrogens (tertiary/aromatic N) is 1. The molecular formula is C16H20N2O. The van der Waals surface area contributed by atoms with Crippen molar-refractivity contribution in [2.24, 2.45) is 0 Å². The second-order valence-electron chi connectivity index (χ2n) is 5.94. The lowest BCUT2D eigenvalue weighted by Crippen LogP contribution is -2.10. The molecule has 1 aromatic carbocycles. The first-order valence-corrected chi connectivity index (χ1v) is 6.47. The maximum atomic E-state index is 11.4. The number of aryl methyl sites for hydroxylation is 1. The van der Waals surface area contributed by atoms with Crippen molar-refractivity contribution in [3.8, 4) is 11.4 Å². The summed E-state index contributed by atoms with van der Waals surface area (Å²) in [6.45, 7) is 9.97. The molecule has 0 radical (unpaired) electrons. The Morgan fingerprint density at radius 2 is 1.74 bits per heavy atom. The molecule has 0 spiro atoms. The van der Waals surface area contributed by atoms with Crippen molar-refractivity contribution in [3.05, 3.63) is 41.2 Å². The van der Waals surface area contributed by atoms with Gasteiger partial charge in [0.1, 0.15) is 11.5 Å². The molecule has 1 aromatic heterocycles. The number of rotatable bonds is 2. The second-order valence-corrected chi connectivity index (χ2v) is 5.94. The summed E-state index contributed by atoms with van der Waals surface area (Å²) < 4.78 is 0. The molecule has 0 aliphatic heterocycles. The molecule has 3 nitrogen and oxygen atoms in total. The van der Waals surface area contributed by atoms with Gasteiger partial charge >= 0.3 is 0 Å². The topological polar surface area (TPSA) is 45.8 Å². The summed E-state index contributed by atoms with van der Waals surface area (Å²) in [4.78, 5) is 18.9. The van der Waals surface area contributed by atoms with Gasteiger partial charge in [0.25, 0.3) is 0 Å². The summed E-state index contributed by atoms with van der Waals surface area (Å²) in [5.41, 5.74) is 3.77. The Bertz CT molecular complexity index is 601. The van der Waals surface area contributed by atoms with E-state index < -0.39 is 0 Å². The molecule has 0 saturated heterocycles. The molecule has 0 aliphatic carbocycles. The highest BCUT2D eigenvalue weighted by Crippen LogP contribution is 2.25. The van der Waals surface area contributed by atoms with Crippen molar-refractivity contribution < 1.29 is 4.79 Å². The fraction of sp³-hybridized carbons (Fsp3) is 0.375. The molecule has 0 aliphatic rings. The van der Waals surface area contributed by atoms with Gasteiger partial charge in [-0.3, -0.25) is 4.79 Å². The van der Waals surface area contributed by atoms with Gasteiger partial charge in [0, 0.05) is 18.2 Å². The standard InChI is InChI=1S/C16H20N2O/c1-10-14(11(2)19)18-15(17-10)12-6-8-13(9-7-12)16(3,4)5/h6-9H,1-5H3,(H,17,18). The van der Waals surface area contributed by atoms with Crippen molar-refractivity contribution in [3.63, 3.8) is 0 Å². The van der Waals surface area contributed by atoms with Crippen LogP contribution in [0.2, 0.25) is 0 Å². The predicted molar refractivity (Wildman–Crippen MR) is 77.5 cm³/mol. The van der Waals surface area contributed by atoms with Gasteiger partial charge in [0.15, 0.2) is 5.78 Å². The molecule has 0 fully saturated rings. The summed E-state index contributed by atoms with van der Waals surface area (Å²) >= 11 is 0.